The second kappa shape index (κ2) is 6.91. The maximum absolute atomic E-state index is 12.0. The van der Waals surface area contributed by atoms with Gasteiger partial charge in [-0.1, -0.05) is 11.6 Å². The van der Waals surface area contributed by atoms with Crippen LogP contribution in [0.15, 0.2) is 11.0 Å². The largest absolute Gasteiger partial charge is 0.380 e. The van der Waals surface area contributed by atoms with E-state index in [0.717, 1.165) is 13.0 Å². The Bertz CT molecular complexity index is 470. The van der Waals surface area contributed by atoms with Gasteiger partial charge in [0.1, 0.15) is 5.02 Å². The molecule has 1 N–H and O–H groups in total. The van der Waals surface area contributed by atoms with Crippen LogP contribution in [0.2, 0.25) is 5.02 Å². The SMILES string of the molecule is CC(CCN(C)C)Nc1cnn(C(C)C)c(=O)c1Cl. The van der Waals surface area contributed by atoms with Crippen molar-refractivity contribution in [3.63, 3.8) is 0 Å². The van der Waals surface area contributed by atoms with Crippen LogP contribution in [0, 0.1) is 0 Å². The number of anilines is 1. The number of nitrogens with zero attached hydrogens (tertiary/aromatic N) is 3. The molecule has 1 rings (SSSR count). The van der Waals surface area contributed by atoms with Crippen LogP contribution in [0.4, 0.5) is 5.69 Å². The fourth-order valence-electron chi connectivity index (χ4n) is 1.70. The number of aromatic nitrogens is 2. The summed E-state index contributed by atoms with van der Waals surface area (Å²) in [5.41, 5.74) is 0.358. The van der Waals surface area contributed by atoms with Gasteiger partial charge in [0.05, 0.1) is 17.9 Å². The molecule has 0 bridgehead atoms. The quantitative estimate of drug-likeness (QED) is 0.871. The average molecular weight is 287 g/mol. The van der Waals surface area contributed by atoms with Crippen LogP contribution < -0.4 is 10.9 Å². The van der Waals surface area contributed by atoms with Gasteiger partial charge in [0.2, 0.25) is 0 Å². The lowest BCUT2D eigenvalue weighted by Gasteiger charge is -2.19. The molecule has 1 aromatic rings. The van der Waals surface area contributed by atoms with Crippen molar-refractivity contribution in [2.45, 2.75) is 39.3 Å². The van der Waals surface area contributed by atoms with Gasteiger partial charge in [-0.25, -0.2) is 4.68 Å². The van der Waals surface area contributed by atoms with E-state index in [1.165, 1.54) is 4.68 Å². The van der Waals surface area contributed by atoms with Gasteiger partial charge in [0.25, 0.3) is 5.56 Å². The number of nitrogens with one attached hydrogen (secondary N) is 1. The molecular weight excluding hydrogens is 264 g/mol. The van der Waals surface area contributed by atoms with E-state index in [4.69, 9.17) is 11.6 Å². The standard InChI is InChI=1S/C13H23ClN4O/c1-9(2)18-13(19)12(14)11(8-15-18)16-10(3)6-7-17(4)5/h8-10,16H,6-7H2,1-5H3. The van der Waals surface area contributed by atoms with E-state index < -0.39 is 0 Å². The van der Waals surface area contributed by atoms with Gasteiger partial charge in [-0.15, -0.1) is 0 Å². The van der Waals surface area contributed by atoms with Crippen molar-refractivity contribution in [2.24, 2.45) is 0 Å². The smallest absolute Gasteiger partial charge is 0.287 e. The van der Waals surface area contributed by atoms with Crippen molar-refractivity contribution in [1.82, 2.24) is 14.7 Å². The molecule has 1 aromatic heterocycles. The van der Waals surface area contributed by atoms with E-state index in [2.05, 4.69) is 22.2 Å². The molecule has 0 amide bonds. The first-order valence-electron chi connectivity index (χ1n) is 6.51. The minimum atomic E-state index is -0.249. The molecule has 0 fully saturated rings. The predicted octanol–water partition coefficient (Wildman–Crippen LogP) is 2.23. The molecule has 0 saturated carbocycles. The van der Waals surface area contributed by atoms with Crippen molar-refractivity contribution >= 4 is 17.3 Å². The van der Waals surface area contributed by atoms with E-state index in [-0.39, 0.29) is 22.7 Å². The minimum Gasteiger partial charge on any atom is -0.380 e. The summed E-state index contributed by atoms with van der Waals surface area (Å²) >= 11 is 6.10. The van der Waals surface area contributed by atoms with Crippen molar-refractivity contribution in [1.29, 1.82) is 0 Å². The van der Waals surface area contributed by atoms with Crippen LogP contribution in [-0.2, 0) is 0 Å². The summed E-state index contributed by atoms with van der Waals surface area (Å²) in [5.74, 6) is 0. The highest BCUT2D eigenvalue weighted by Gasteiger charge is 2.13. The summed E-state index contributed by atoms with van der Waals surface area (Å²) in [4.78, 5) is 14.1. The highest BCUT2D eigenvalue weighted by molar-refractivity contribution is 6.32. The Morgan fingerprint density at radius 2 is 2.05 bits per heavy atom. The van der Waals surface area contributed by atoms with Crippen LogP contribution in [0.25, 0.3) is 0 Å². The molecule has 5 nitrogen and oxygen atoms in total. The third-order valence-corrected chi connectivity index (χ3v) is 3.21. The van der Waals surface area contributed by atoms with Gasteiger partial charge in [0, 0.05) is 6.04 Å². The fourth-order valence-corrected chi connectivity index (χ4v) is 1.89. The van der Waals surface area contributed by atoms with Gasteiger partial charge >= 0.3 is 0 Å². The topological polar surface area (TPSA) is 50.2 Å². The number of hydrogen-bond acceptors (Lipinski definition) is 4. The summed E-state index contributed by atoms with van der Waals surface area (Å²) in [7, 11) is 4.07. The van der Waals surface area contributed by atoms with Gasteiger partial charge in [-0.05, 0) is 47.8 Å². The monoisotopic (exact) mass is 286 g/mol. The molecule has 0 aromatic carbocycles. The minimum absolute atomic E-state index is 0.00483. The maximum atomic E-state index is 12.0. The molecule has 0 aliphatic carbocycles. The number of rotatable bonds is 6. The summed E-state index contributed by atoms with van der Waals surface area (Å²) in [5, 5.41) is 7.58. The first-order chi connectivity index (χ1) is 8.82. The molecule has 1 unspecified atom stereocenters. The average Bonchev–Trinajstić information content (AvgIpc) is 2.32. The highest BCUT2D eigenvalue weighted by atomic mass is 35.5. The summed E-state index contributed by atoms with van der Waals surface area (Å²) in [6.45, 7) is 6.84. The molecular formula is C13H23ClN4O. The zero-order valence-electron chi connectivity index (χ0n) is 12.3. The third kappa shape index (κ3) is 4.51. The predicted molar refractivity (Wildman–Crippen MR) is 80.1 cm³/mol. The molecule has 1 atom stereocenters. The van der Waals surface area contributed by atoms with Crippen molar-refractivity contribution in [3.8, 4) is 0 Å². The van der Waals surface area contributed by atoms with E-state index in [9.17, 15) is 4.79 Å². The Balaban J connectivity index is 2.80. The Morgan fingerprint density at radius 3 is 2.58 bits per heavy atom. The van der Waals surface area contributed by atoms with Crippen molar-refractivity contribution in [3.05, 3.63) is 21.6 Å². The van der Waals surface area contributed by atoms with E-state index >= 15 is 0 Å². The second-order valence-corrected chi connectivity index (χ2v) is 5.73. The van der Waals surface area contributed by atoms with E-state index in [1.54, 1.807) is 6.20 Å². The van der Waals surface area contributed by atoms with Gasteiger partial charge in [-0.3, -0.25) is 4.79 Å². The van der Waals surface area contributed by atoms with Gasteiger partial charge in [0.15, 0.2) is 0 Å². The lowest BCUT2D eigenvalue weighted by atomic mass is 10.2. The van der Waals surface area contributed by atoms with Gasteiger partial charge in [-0.2, -0.15) is 5.10 Å². The Kier molecular flexibility index (Phi) is 5.82. The second-order valence-electron chi connectivity index (χ2n) is 5.35. The fraction of sp³-hybridized carbons (Fsp3) is 0.692. The molecule has 0 saturated heterocycles. The molecule has 108 valence electrons. The highest BCUT2D eigenvalue weighted by Crippen LogP contribution is 2.18. The summed E-state index contributed by atoms with van der Waals surface area (Å²) < 4.78 is 1.39. The third-order valence-electron chi connectivity index (χ3n) is 2.84. The molecule has 19 heavy (non-hydrogen) atoms. The molecule has 1 heterocycles. The molecule has 0 radical (unpaired) electrons. The lowest BCUT2D eigenvalue weighted by molar-refractivity contribution is 0.390. The molecule has 6 heteroatoms. The lowest BCUT2D eigenvalue weighted by Crippen LogP contribution is -2.28. The Morgan fingerprint density at radius 1 is 1.42 bits per heavy atom. The molecule has 0 aliphatic heterocycles. The zero-order chi connectivity index (χ0) is 14.6. The normalized spacial score (nSPS) is 13.1. The van der Waals surface area contributed by atoms with Crippen LogP contribution in [0.1, 0.15) is 33.2 Å². The summed E-state index contributed by atoms with van der Waals surface area (Å²) in [6.07, 6.45) is 2.59. The van der Waals surface area contributed by atoms with Crippen LogP contribution in [0.3, 0.4) is 0 Å². The van der Waals surface area contributed by atoms with Crippen LogP contribution in [-0.4, -0.2) is 41.4 Å². The maximum Gasteiger partial charge on any atom is 0.287 e. The molecule has 0 aliphatic rings. The zero-order valence-corrected chi connectivity index (χ0v) is 13.0. The van der Waals surface area contributed by atoms with Crippen molar-refractivity contribution in [2.75, 3.05) is 26.0 Å². The van der Waals surface area contributed by atoms with E-state index in [0.29, 0.717) is 5.69 Å². The van der Waals surface area contributed by atoms with Crippen molar-refractivity contribution < 1.29 is 0 Å². The van der Waals surface area contributed by atoms with Crippen LogP contribution in [0.5, 0.6) is 0 Å². The number of halogens is 1. The first-order valence-corrected chi connectivity index (χ1v) is 6.89. The number of hydrogen-bond donors (Lipinski definition) is 1. The Labute approximate surface area is 119 Å². The first kappa shape index (κ1) is 16.0. The summed E-state index contributed by atoms with van der Waals surface area (Å²) in [6, 6.07) is 0.237. The van der Waals surface area contributed by atoms with Gasteiger partial charge < -0.3 is 10.2 Å². The van der Waals surface area contributed by atoms with Crippen LogP contribution >= 0.6 is 11.6 Å². The molecule has 0 spiro atoms. The van der Waals surface area contributed by atoms with E-state index in [1.807, 2.05) is 27.9 Å². The Hall–Kier alpha value is -1.07.